The van der Waals surface area contributed by atoms with Gasteiger partial charge in [-0.15, -0.1) is 0 Å². The second-order valence-corrected chi connectivity index (χ2v) is 7.31. The molecule has 3 amide bonds. The van der Waals surface area contributed by atoms with Crippen molar-refractivity contribution < 1.29 is 23.5 Å². The molecule has 1 aliphatic rings. The first-order valence-corrected chi connectivity index (χ1v) is 10.0. The monoisotopic (exact) mass is 431 g/mol. The van der Waals surface area contributed by atoms with Crippen molar-refractivity contribution in [2.75, 3.05) is 0 Å². The van der Waals surface area contributed by atoms with Gasteiger partial charge in [0.25, 0.3) is 5.91 Å². The zero-order valence-corrected chi connectivity index (χ0v) is 17.6. The first-order valence-electron chi connectivity index (χ1n) is 10.0. The third-order valence-electron chi connectivity index (χ3n) is 4.99. The molecule has 1 aromatic carbocycles. The summed E-state index contributed by atoms with van der Waals surface area (Å²) in [7, 11) is 0. The van der Waals surface area contributed by atoms with Crippen LogP contribution in [0.4, 0.5) is 4.79 Å². The number of hydrogen-bond donors (Lipinski definition) is 1. The van der Waals surface area contributed by atoms with Gasteiger partial charge in [0.2, 0.25) is 0 Å². The molecule has 0 radical (unpaired) electrons. The number of allylic oxidation sites excluding steroid dienone is 1. The van der Waals surface area contributed by atoms with E-state index in [1.54, 1.807) is 30.5 Å². The molecule has 162 valence electrons. The first-order chi connectivity index (χ1) is 15.4. The van der Waals surface area contributed by atoms with Gasteiger partial charge in [-0.1, -0.05) is 30.3 Å². The number of benzene rings is 1. The topological polar surface area (TPSA) is 102 Å². The van der Waals surface area contributed by atoms with Crippen molar-refractivity contribution in [2.24, 2.45) is 0 Å². The zero-order valence-electron chi connectivity index (χ0n) is 17.6. The van der Waals surface area contributed by atoms with E-state index in [2.05, 4.69) is 10.3 Å². The van der Waals surface area contributed by atoms with E-state index in [9.17, 15) is 14.4 Å². The lowest BCUT2D eigenvalue weighted by Crippen LogP contribution is -2.30. The van der Waals surface area contributed by atoms with Gasteiger partial charge in [0.1, 0.15) is 17.7 Å². The van der Waals surface area contributed by atoms with Crippen LogP contribution >= 0.6 is 0 Å². The highest BCUT2D eigenvalue weighted by atomic mass is 16.5. The molecular weight excluding hydrogens is 410 g/mol. The Kier molecular flexibility index (Phi) is 5.85. The summed E-state index contributed by atoms with van der Waals surface area (Å²) < 4.78 is 10.7. The molecule has 1 saturated heterocycles. The number of imide groups is 1. The summed E-state index contributed by atoms with van der Waals surface area (Å²) in [6.07, 6.45) is 5.15. The fourth-order valence-corrected chi connectivity index (χ4v) is 3.41. The summed E-state index contributed by atoms with van der Waals surface area (Å²) in [5.41, 5.74) is 3.33. The number of amides is 3. The van der Waals surface area contributed by atoms with Gasteiger partial charge in [0.15, 0.2) is 5.75 Å². The van der Waals surface area contributed by atoms with Crippen molar-refractivity contribution in [3.05, 3.63) is 83.5 Å². The molecule has 4 rings (SSSR count). The Morgan fingerprint density at radius 3 is 2.81 bits per heavy atom. The fourth-order valence-electron chi connectivity index (χ4n) is 3.41. The average molecular weight is 431 g/mol. The Bertz CT molecular complexity index is 1210. The minimum absolute atomic E-state index is 0.112. The number of urea groups is 1. The van der Waals surface area contributed by atoms with Crippen LogP contribution in [-0.4, -0.2) is 27.8 Å². The molecule has 0 atom stereocenters. The molecule has 8 nitrogen and oxygen atoms in total. The minimum atomic E-state index is -0.468. The van der Waals surface area contributed by atoms with Crippen LogP contribution in [0.2, 0.25) is 0 Å². The lowest BCUT2D eigenvalue weighted by Gasteiger charge is -2.10. The molecule has 1 aliphatic heterocycles. The average Bonchev–Trinajstić information content (AvgIpc) is 3.27. The summed E-state index contributed by atoms with van der Waals surface area (Å²) in [5, 5.41) is 2.62. The largest absolute Gasteiger partial charge is 0.460 e. The van der Waals surface area contributed by atoms with Crippen molar-refractivity contribution in [2.45, 2.75) is 26.8 Å². The number of pyridine rings is 1. The van der Waals surface area contributed by atoms with Crippen molar-refractivity contribution in [3.8, 4) is 17.1 Å². The Morgan fingerprint density at radius 1 is 1.22 bits per heavy atom. The van der Waals surface area contributed by atoms with Crippen LogP contribution in [-0.2, 0) is 22.6 Å². The Hall–Kier alpha value is -4.20. The van der Waals surface area contributed by atoms with Crippen LogP contribution in [0.3, 0.4) is 0 Å². The van der Waals surface area contributed by atoms with Gasteiger partial charge >= 0.3 is 12.0 Å². The number of aromatic nitrogens is 1. The summed E-state index contributed by atoms with van der Waals surface area (Å²) in [6, 6.07) is 12.5. The number of rotatable bonds is 6. The number of nitrogens with one attached hydrogen (secondary N) is 1. The van der Waals surface area contributed by atoms with E-state index in [0.29, 0.717) is 23.6 Å². The number of nitrogens with zero attached hydrogens (tertiary/aromatic N) is 2. The molecule has 2 aromatic heterocycles. The number of esters is 1. The Balaban J connectivity index is 1.48. The Labute approximate surface area is 184 Å². The standard InChI is InChI=1S/C24H21N3O5/c1-15-21(32-16(2)28)14-31-22(15)18-7-5-6-17(12-18)9-10-20-23(29)27(24(30)26-20)13-19-8-3-4-11-25-19/h3-8,10-12,14H,9,13H2,1-2H3,(H,26,30)/b20-10-. The van der Waals surface area contributed by atoms with Crippen LogP contribution in [0.1, 0.15) is 23.7 Å². The van der Waals surface area contributed by atoms with Crippen molar-refractivity contribution in [1.82, 2.24) is 15.2 Å². The Morgan fingerprint density at radius 2 is 2.06 bits per heavy atom. The number of ether oxygens (including phenoxy) is 1. The molecule has 0 aliphatic carbocycles. The maximum Gasteiger partial charge on any atom is 0.329 e. The highest BCUT2D eigenvalue weighted by molar-refractivity contribution is 6.11. The van der Waals surface area contributed by atoms with E-state index in [1.165, 1.54) is 13.2 Å². The number of furan rings is 1. The van der Waals surface area contributed by atoms with Gasteiger partial charge in [0, 0.05) is 24.2 Å². The quantitative estimate of drug-likeness (QED) is 0.362. The van der Waals surface area contributed by atoms with Crippen LogP contribution in [0, 0.1) is 6.92 Å². The van der Waals surface area contributed by atoms with Gasteiger partial charge < -0.3 is 14.5 Å². The normalized spacial score (nSPS) is 14.7. The fraction of sp³-hybridized carbons (Fsp3) is 0.167. The molecule has 1 N–H and O–H groups in total. The number of carbonyl (C=O) groups is 3. The number of hydrogen-bond acceptors (Lipinski definition) is 6. The second kappa shape index (κ2) is 8.89. The molecule has 1 fully saturated rings. The number of carbonyl (C=O) groups excluding carboxylic acids is 3. The smallest absolute Gasteiger partial charge is 0.329 e. The van der Waals surface area contributed by atoms with Crippen LogP contribution in [0.25, 0.3) is 11.3 Å². The van der Waals surface area contributed by atoms with Gasteiger partial charge in [-0.05, 0) is 37.1 Å². The maximum absolute atomic E-state index is 12.7. The summed E-state index contributed by atoms with van der Waals surface area (Å²) in [5.74, 6) is 0.181. The molecule has 0 saturated carbocycles. The van der Waals surface area contributed by atoms with E-state index in [-0.39, 0.29) is 18.1 Å². The molecule has 8 heteroatoms. The second-order valence-electron chi connectivity index (χ2n) is 7.31. The highest BCUT2D eigenvalue weighted by Gasteiger charge is 2.33. The van der Waals surface area contributed by atoms with E-state index < -0.39 is 12.0 Å². The summed E-state index contributed by atoms with van der Waals surface area (Å²) in [6.45, 7) is 3.26. The predicted molar refractivity (Wildman–Crippen MR) is 115 cm³/mol. The van der Waals surface area contributed by atoms with Crippen molar-refractivity contribution in [1.29, 1.82) is 0 Å². The van der Waals surface area contributed by atoms with Crippen LogP contribution < -0.4 is 10.1 Å². The van der Waals surface area contributed by atoms with Crippen LogP contribution in [0.5, 0.6) is 5.75 Å². The molecule has 0 bridgehead atoms. The summed E-state index contributed by atoms with van der Waals surface area (Å²) in [4.78, 5) is 41.4. The van der Waals surface area contributed by atoms with Crippen molar-refractivity contribution in [3.63, 3.8) is 0 Å². The highest BCUT2D eigenvalue weighted by Crippen LogP contribution is 2.33. The summed E-state index contributed by atoms with van der Waals surface area (Å²) >= 11 is 0. The molecule has 3 aromatic rings. The maximum atomic E-state index is 12.7. The molecular formula is C24H21N3O5. The third kappa shape index (κ3) is 4.44. The lowest BCUT2D eigenvalue weighted by molar-refractivity contribution is -0.132. The molecule has 0 unspecified atom stereocenters. The lowest BCUT2D eigenvalue weighted by atomic mass is 10.0. The van der Waals surface area contributed by atoms with E-state index in [1.807, 2.05) is 31.2 Å². The zero-order chi connectivity index (χ0) is 22.7. The van der Waals surface area contributed by atoms with E-state index in [4.69, 9.17) is 9.15 Å². The van der Waals surface area contributed by atoms with E-state index >= 15 is 0 Å². The van der Waals surface area contributed by atoms with Gasteiger partial charge in [0.05, 0.1) is 12.2 Å². The first kappa shape index (κ1) is 21.0. The van der Waals surface area contributed by atoms with Crippen LogP contribution in [0.15, 0.2) is 71.1 Å². The molecule has 32 heavy (non-hydrogen) atoms. The van der Waals surface area contributed by atoms with Gasteiger partial charge in [-0.2, -0.15) is 0 Å². The van der Waals surface area contributed by atoms with E-state index in [0.717, 1.165) is 21.6 Å². The van der Waals surface area contributed by atoms with Gasteiger partial charge in [-0.3, -0.25) is 19.5 Å². The SMILES string of the molecule is CC(=O)Oc1coc(-c2cccc(C/C=C3\NC(=O)N(Cc4ccccn4)C3=O)c2)c1C. The predicted octanol–water partition coefficient (Wildman–Crippen LogP) is 3.75. The van der Waals surface area contributed by atoms with Gasteiger partial charge in [-0.25, -0.2) is 4.79 Å². The minimum Gasteiger partial charge on any atom is -0.460 e. The van der Waals surface area contributed by atoms with Crippen molar-refractivity contribution >= 4 is 17.9 Å². The third-order valence-corrected chi connectivity index (χ3v) is 4.99. The molecule has 3 heterocycles. The molecule has 0 spiro atoms.